The predicted octanol–water partition coefficient (Wildman–Crippen LogP) is 7.30. The van der Waals surface area contributed by atoms with E-state index >= 15 is 0 Å². The van der Waals surface area contributed by atoms with E-state index in [-0.39, 0.29) is 17.7 Å². The summed E-state index contributed by atoms with van der Waals surface area (Å²) in [6, 6.07) is 25.0. The average molecular weight is 496 g/mol. The van der Waals surface area contributed by atoms with E-state index in [1.165, 1.54) is 11.3 Å². The number of para-hydroxylation sites is 2. The van der Waals surface area contributed by atoms with E-state index < -0.39 is 0 Å². The normalized spacial score (nSPS) is 18.7. The van der Waals surface area contributed by atoms with E-state index in [4.69, 9.17) is 4.74 Å². The minimum atomic E-state index is -0.199. The first kappa shape index (κ1) is 24.9. The molecular weight excluding hydrogens is 458 g/mol. The molecule has 5 rings (SSSR count). The van der Waals surface area contributed by atoms with E-state index in [2.05, 4.69) is 84.8 Å². The van der Waals surface area contributed by atoms with Gasteiger partial charge in [-0.1, -0.05) is 43.3 Å². The fraction of sp³-hybridized carbons (Fsp3) is 0.344. The van der Waals surface area contributed by atoms with Crippen molar-refractivity contribution >= 4 is 22.8 Å². The Balaban J connectivity index is 1.48. The van der Waals surface area contributed by atoms with Gasteiger partial charge in [-0.3, -0.25) is 4.79 Å². The molecule has 0 bridgehead atoms. The number of anilines is 3. The van der Waals surface area contributed by atoms with Crippen molar-refractivity contribution in [3.8, 4) is 5.75 Å². The van der Waals surface area contributed by atoms with Gasteiger partial charge in [-0.2, -0.15) is 0 Å². The predicted molar refractivity (Wildman–Crippen MR) is 153 cm³/mol. The Morgan fingerprint density at radius 1 is 0.838 bits per heavy atom. The minimum absolute atomic E-state index is 0.134. The molecule has 0 spiro atoms. The summed E-state index contributed by atoms with van der Waals surface area (Å²) < 4.78 is 5.76. The fourth-order valence-corrected chi connectivity index (χ4v) is 5.50. The standard InChI is InChI=1S/C32H37N3O2/c1-4-19-37-26-17-13-22(14-18-26)24-20-29-31(30(36)21-24)32(34-28-10-8-7-9-27(28)33-29)23-11-15-25(16-12-23)35(5-2)6-3/h7-18,24,32-34H,4-6,19-21H2,1-3H3. The quantitative estimate of drug-likeness (QED) is 0.343. The number of nitrogens with one attached hydrogen (secondary N) is 2. The van der Waals surface area contributed by atoms with E-state index in [0.29, 0.717) is 13.0 Å². The van der Waals surface area contributed by atoms with Crippen molar-refractivity contribution in [3.05, 3.63) is 95.2 Å². The van der Waals surface area contributed by atoms with Gasteiger partial charge in [0.05, 0.1) is 24.0 Å². The van der Waals surface area contributed by atoms with Crippen LogP contribution in [0.1, 0.15) is 63.1 Å². The van der Waals surface area contributed by atoms with Gasteiger partial charge < -0.3 is 20.3 Å². The van der Waals surface area contributed by atoms with Crippen LogP contribution in [0.4, 0.5) is 17.1 Å². The van der Waals surface area contributed by atoms with Crippen molar-refractivity contribution in [2.45, 2.75) is 52.0 Å². The van der Waals surface area contributed by atoms with Crippen LogP contribution in [0.15, 0.2) is 84.1 Å². The molecule has 0 saturated heterocycles. The van der Waals surface area contributed by atoms with Crippen LogP contribution in [-0.2, 0) is 4.79 Å². The van der Waals surface area contributed by atoms with Gasteiger partial charge in [-0.25, -0.2) is 0 Å². The topological polar surface area (TPSA) is 53.6 Å². The highest BCUT2D eigenvalue weighted by Crippen LogP contribution is 2.44. The van der Waals surface area contributed by atoms with E-state index in [9.17, 15) is 4.79 Å². The number of ketones is 1. The lowest BCUT2D eigenvalue weighted by Gasteiger charge is -2.30. The van der Waals surface area contributed by atoms with Gasteiger partial charge in [0, 0.05) is 36.5 Å². The molecule has 192 valence electrons. The van der Waals surface area contributed by atoms with Crippen molar-refractivity contribution in [3.63, 3.8) is 0 Å². The molecular formula is C32H37N3O2. The second kappa shape index (κ2) is 11.1. The Morgan fingerprint density at radius 3 is 2.19 bits per heavy atom. The minimum Gasteiger partial charge on any atom is -0.494 e. The Bertz CT molecular complexity index is 1260. The number of benzene rings is 3. The molecule has 2 aliphatic rings. The molecule has 5 nitrogen and oxygen atoms in total. The molecule has 0 fully saturated rings. The Kier molecular flexibility index (Phi) is 7.50. The molecule has 1 heterocycles. The summed E-state index contributed by atoms with van der Waals surface area (Å²) >= 11 is 0. The third kappa shape index (κ3) is 5.22. The largest absolute Gasteiger partial charge is 0.494 e. The van der Waals surface area contributed by atoms with Gasteiger partial charge in [0.25, 0.3) is 0 Å². The van der Waals surface area contributed by atoms with Crippen LogP contribution < -0.4 is 20.3 Å². The zero-order chi connectivity index (χ0) is 25.8. The van der Waals surface area contributed by atoms with Crippen molar-refractivity contribution in [2.75, 3.05) is 35.2 Å². The van der Waals surface area contributed by atoms with Gasteiger partial charge >= 0.3 is 0 Å². The molecule has 1 aliphatic heterocycles. The molecule has 0 saturated carbocycles. The highest BCUT2D eigenvalue weighted by Gasteiger charge is 2.36. The van der Waals surface area contributed by atoms with Crippen molar-refractivity contribution in [1.82, 2.24) is 0 Å². The van der Waals surface area contributed by atoms with E-state index in [1.807, 2.05) is 24.3 Å². The number of Topliss-reactive ketones (excluding diaryl/α,β-unsaturated/α-hetero) is 1. The number of carbonyl (C=O) groups excluding carboxylic acids is 1. The van der Waals surface area contributed by atoms with Gasteiger partial charge in [-0.15, -0.1) is 0 Å². The number of rotatable bonds is 8. The summed E-state index contributed by atoms with van der Waals surface area (Å²) in [4.78, 5) is 16.1. The van der Waals surface area contributed by atoms with Crippen LogP contribution in [-0.4, -0.2) is 25.5 Å². The third-order valence-corrected chi connectivity index (χ3v) is 7.49. The van der Waals surface area contributed by atoms with Crippen LogP contribution in [0.5, 0.6) is 5.75 Å². The molecule has 1 aliphatic carbocycles. The Hall–Kier alpha value is -3.73. The number of fused-ring (bicyclic) bond motifs is 1. The zero-order valence-electron chi connectivity index (χ0n) is 22.1. The molecule has 2 unspecified atom stereocenters. The molecule has 37 heavy (non-hydrogen) atoms. The lowest BCUT2D eigenvalue weighted by molar-refractivity contribution is -0.116. The summed E-state index contributed by atoms with van der Waals surface area (Å²) in [6.45, 7) is 9.10. The maximum Gasteiger partial charge on any atom is 0.163 e. The number of ether oxygens (including phenoxy) is 1. The highest BCUT2D eigenvalue weighted by molar-refractivity contribution is 6.01. The molecule has 3 aromatic rings. The zero-order valence-corrected chi connectivity index (χ0v) is 22.1. The molecule has 0 amide bonds. The van der Waals surface area contributed by atoms with Gasteiger partial charge in [-0.05, 0) is 80.1 Å². The average Bonchev–Trinajstić information content (AvgIpc) is 3.10. The number of allylic oxidation sites excluding steroid dienone is 1. The second-order valence-electron chi connectivity index (χ2n) is 9.85. The van der Waals surface area contributed by atoms with Crippen molar-refractivity contribution < 1.29 is 9.53 Å². The number of hydrogen-bond donors (Lipinski definition) is 2. The molecule has 2 atom stereocenters. The summed E-state index contributed by atoms with van der Waals surface area (Å²) in [7, 11) is 0. The highest BCUT2D eigenvalue weighted by atomic mass is 16.5. The van der Waals surface area contributed by atoms with Gasteiger partial charge in [0.2, 0.25) is 0 Å². The van der Waals surface area contributed by atoms with Crippen molar-refractivity contribution in [2.24, 2.45) is 0 Å². The number of carbonyl (C=O) groups is 1. The Labute approximate surface area is 220 Å². The first-order valence-corrected chi connectivity index (χ1v) is 13.6. The summed E-state index contributed by atoms with van der Waals surface area (Å²) in [5, 5.41) is 7.33. The molecule has 3 aromatic carbocycles. The van der Waals surface area contributed by atoms with Crippen molar-refractivity contribution in [1.29, 1.82) is 0 Å². The van der Waals surface area contributed by atoms with Crippen LogP contribution >= 0.6 is 0 Å². The maximum absolute atomic E-state index is 13.8. The monoisotopic (exact) mass is 495 g/mol. The summed E-state index contributed by atoms with van der Waals surface area (Å²) in [6.07, 6.45) is 2.28. The SMILES string of the molecule is CCCOc1ccc(C2CC(=O)C3=C(C2)Nc2ccccc2NC3c2ccc(N(CC)CC)cc2)cc1. The number of hydrogen-bond acceptors (Lipinski definition) is 5. The fourth-order valence-electron chi connectivity index (χ4n) is 5.50. The van der Waals surface area contributed by atoms with Gasteiger partial charge in [0.1, 0.15) is 5.75 Å². The number of nitrogens with zero attached hydrogens (tertiary/aromatic N) is 1. The lowest BCUT2D eigenvalue weighted by Crippen LogP contribution is -2.27. The molecule has 0 aromatic heterocycles. The van der Waals surface area contributed by atoms with Crippen LogP contribution in [0, 0.1) is 0 Å². The first-order chi connectivity index (χ1) is 18.1. The lowest BCUT2D eigenvalue weighted by atomic mass is 9.78. The van der Waals surface area contributed by atoms with E-state index in [1.54, 1.807) is 0 Å². The maximum atomic E-state index is 13.8. The molecule has 0 radical (unpaired) electrons. The summed E-state index contributed by atoms with van der Waals surface area (Å²) in [5.41, 5.74) is 7.37. The second-order valence-corrected chi connectivity index (χ2v) is 9.85. The van der Waals surface area contributed by atoms with Crippen LogP contribution in [0.2, 0.25) is 0 Å². The van der Waals surface area contributed by atoms with Crippen LogP contribution in [0.3, 0.4) is 0 Å². The smallest absolute Gasteiger partial charge is 0.163 e. The van der Waals surface area contributed by atoms with Crippen LogP contribution in [0.25, 0.3) is 0 Å². The van der Waals surface area contributed by atoms with E-state index in [0.717, 1.165) is 59.9 Å². The molecule has 2 N–H and O–H groups in total. The Morgan fingerprint density at radius 2 is 1.51 bits per heavy atom. The van der Waals surface area contributed by atoms with Gasteiger partial charge in [0.15, 0.2) is 5.78 Å². The first-order valence-electron chi connectivity index (χ1n) is 13.6. The third-order valence-electron chi connectivity index (χ3n) is 7.49. The molecule has 5 heteroatoms. The summed E-state index contributed by atoms with van der Waals surface area (Å²) in [5.74, 6) is 1.21.